The van der Waals surface area contributed by atoms with Gasteiger partial charge in [0.05, 0.1) is 24.4 Å². The Kier molecular flexibility index (Phi) is 4.58. The van der Waals surface area contributed by atoms with Crippen LogP contribution in [0.5, 0.6) is 0 Å². The van der Waals surface area contributed by atoms with Crippen molar-refractivity contribution in [3.63, 3.8) is 0 Å². The van der Waals surface area contributed by atoms with Gasteiger partial charge in [-0.25, -0.2) is 13.8 Å². The van der Waals surface area contributed by atoms with Gasteiger partial charge in [-0.3, -0.25) is 9.59 Å². The number of hydrogen-bond acceptors (Lipinski definition) is 4. The molecule has 0 atom stereocenters. The number of carbonyl (C=O) groups is 2. The van der Waals surface area contributed by atoms with Crippen LogP contribution in [0, 0.1) is 11.6 Å². The number of anilines is 1. The van der Waals surface area contributed by atoms with Crippen LogP contribution < -0.4 is 10.6 Å². The Balaban J connectivity index is 1.35. The van der Waals surface area contributed by atoms with Crippen molar-refractivity contribution >= 4 is 34.1 Å². The molecule has 0 saturated heterocycles. The smallest absolute Gasteiger partial charge is 0.272 e. The largest absolute Gasteiger partial charge is 0.363 e. The van der Waals surface area contributed by atoms with Gasteiger partial charge in [-0.2, -0.15) is 0 Å². The quantitative estimate of drug-likeness (QED) is 0.490. The maximum atomic E-state index is 13.9. The van der Waals surface area contributed by atoms with Gasteiger partial charge in [-0.15, -0.1) is 0 Å². The molecule has 4 heterocycles. The number of halogens is 2. The average molecular weight is 459 g/mol. The van der Waals surface area contributed by atoms with Crippen molar-refractivity contribution in [3.8, 4) is 0 Å². The van der Waals surface area contributed by atoms with Crippen molar-refractivity contribution in [2.24, 2.45) is 0 Å². The van der Waals surface area contributed by atoms with E-state index < -0.39 is 11.7 Å². The molecule has 2 aromatic heterocycles. The van der Waals surface area contributed by atoms with E-state index in [2.05, 4.69) is 15.6 Å². The van der Waals surface area contributed by atoms with Gasteiger partial charge in [0.15, 0.2) is 11.6 Å². The van der Waals surface area contributed by atoms with Crippen molar-refractivity contribution in [2.75, 3.05) is 11.9 Å². The normalized spacial score (nSPS) is 14.5. The van der Waals surface area contributed by atoms with Crippen LogP contribution in [0.4, 0.5) is 14.6 Å². The molecular formula is C25H19F2N5O2. The third-order valence-electron chi connectivity index (χ3n) is 6.15. The highest BCUT2D eigenvalue weighted by atomic mass is 19.1. The Morgan fingerprint density at radius 3 is 2.82 bits per heavy atom. The molecule has 0 spiro atoms. The molecule has 34 heavy (non-hydrogen) atoms. The molecule has 2 aliphatic rings. The molecule has 2 aliphatic heterocycles. The summed E-state index contributed by atoms with van der Waals surface area (Å²) in [6, 6.07) is 12.1. The van der Waals surface area contributed by atoms with E-state index >= 15 is 0 Å². The molecule has 2 N–H and O–H groups in total. The molecule has 2 aromatic carbocycles. The number of allylic oxidation sites excluding steroid dienone is 1. The molecule has 0 fully saturated rings. The van der Waals surface area contributed by atoms with Crippen molar-refractivity contribution < 1.29 is 18.4 Å². The van der Waals surface area contributed by atoms with Gasteiger partial charge in [0, 0.05) is 24.0 Å². The lowest BCUT2D eigenvalue weighted by molar-refractivity contribution is -0.117. The van der Waals surface area contributed by atoms with Crippen molar-refractivity contribution in [2.45, 2.75) is 19.5 Å². The van der Waals surface area contributed by atoms with Crippen LogP contribution in [0.1, 0.15) is 27.6 Å². The van der Waals surface area contributed by atoms with Gasteiger partial charge in [0.2, 0.25) is 0 Å². The molecule has 0 unspecified atom stereocenters. The SMILES string of the molecule is O=C1CNc2c(nc3n2CC=C3NC(=O)c2cc3cc(F)ccc3n2Cc2cccc(F)c2)C1. The monoisotopic (exact) mass is 459 g/mol. The van der Waals surface area contributed by atoms with Gasteiger partial charge in [-0.1, -0.05) is 12.1 Å². The van der Waals surface area contributed by atoms with Crippen LogP contribution in [0.2, 0.25) is 0 Å². The topological polar surface area (TPSA) is 81.0 Å². The van der Waals surface area contributed by atoms with Gasteiger partial charge >= 0.3 is 0 Å². The summed E-state index contributed by atoms with van der Waals surface area (Å²) >= 11 is 0. The highest BCUT2D eigenvalue weighted by Gasteiger charge is 2.29. The fourth-order valence-corrected chi connectivity index (χ4v) is 4.62. The summed E-state index contributed by atoms with van der Waals surface area (Å²) < 4.78 is 31.3. The predicted octanol–water partition coefficient (Wildman–Crippen LogP) is 3.49. The lowest BCUT2D eigenvalue weighted by atomic mass is 10.1. The van der Waals surface area contributed by atoms with Crippen molar-refractivity contribution in [3.05, 3.63) is 89.0 Å². The molecule has 9 heteroatoms. The first kappa shape index (κ1) is 20.3. The van der Waals surface area contributed by atoms with E-state index in [0.717, 1.165) is 5.82 Å². The second kappa shape index (κ2) is 7.65. The molecule has 1 amide bonds. The molecule has 7 nitrogen and oxygen atoms in total. The Bertz CT molecular complexity index is 1530. The number of amides is 1. The Labute approximate surface area is 192 Å². The van der Waals surface area contributed by atoms with E-state index in [0.29, 0.717) is 45.9 Å². The van der Waals surface area contributed by atoms with Crippen LogP contribution in [0.3, 0.4) is 0 Å². The highest BCUT2D eigenvalue weighted by molar-refractivity contribution is 6.02. The molecule has 0 bridgehead atoms. The maximum Gasteiger partial charge on any atom is 0.272 e. The highest BCUT2D eigenvalue weighted by Crippen LogP contribution is 2.30. The van der Waals surface area contributed by atoms with Gasteiger partial charge in [0.1, 0.15) is 23.1 Å². The standard InChI is InChI=1S/C25H19F2N5O2/c26-16-3-1-2-14(8-16)13-32-21-5-4-17(27)9-15(21)10-22(32)25(34)30-19-6-7-31-23-20(29-24(19)31)11-18(33)12-28-23/h1-6,8-10,28H,7,11-13H2,(H,30,34). The van der Waals surface area contributed by atoms with E-state index in [1.54, 1.807) is 28.8 Å². The third kappa shape index (κ3) is 3.37. The molecule has 0 aliphatic carbocycles. The summed E-state index contributed by atoms with van der Waals surface area (Å²) in [4.78, 5) is 29.7. The fourth-order valence-electron chi connectivity index (χ4n) is 4.62. The van der Waals surface area contributed by atoms with Crippen LogP contribution >= 0.6 is 0 Å². The van der Waals surface area contributed by atoms with Gasteiger partial charge in [-0.05, 0) is 48.0 Å². The first-order valence-corrected chi connectivity index (χ1v) is 10.9. The van der Waals surface area contributed by atoms with Gasteiger partial charge < -0.3 is 19.8 Å². The molecule has 4 aromatic rings. The molecule has 170 valence electrons. The Hall–Kier alpha value is -4.27. The van der Waals surface area contributed by atoms with E-state index in [9.17, 15) is 18.4 Å². The van der Waals surface area contributed by atoms with Crippen LogP contribution in [-0.4, -0.2) is 32.4 Å². The number of benzene rings is 2. The summed E-state index contributed by atoms with van der Waals surface area (Å²) in [5.41, 5.74) is 2.86. The number of carbonyl (C=O) groups excluding carboxylic acids is 2. The van der Waals surface area contributed by atoms with Crippen LogP contribution in [0.15, 0.2) is 54.6 Å². The number of nitrogens with one attached hydrogen (secondary N) is 2. The van der Waals surface area contributed by atoms with E-state index in [1.165, 1.54) is 24.3 Å². The third-order valence-corrected chi connectivity index (χ3v) is 6.15. The minimum Gasteiger partial charge on any atom is -0.363 e. The number of rotatable bonds is 4. The first-order chi connectivity index (χ1) is 16.5. The number of ketones is 1. The fraction of sp³-hybridized carbons (Fsp3) is 0.160. The molecular weight excluding hydrogens is 440 g/mol. The first-order valence-electron chi connectivity index (χ1n) is 10.9. The number of aromatic nitrogens is 3. The summed E-state index contributed by atoms with van der Waals surface area (Å²) in [7, 11) is 0. The van der Waals surface area contributed by atoms with Crippen molar-refractivity contribution in [1.29, 1.82) is 0 Å². The summed E-state index contributed by atoms with van der Waals surface area (Å²) in [5.74, 6) is 0.274. The minimum atomic E-state index is -0.407. The second-order valence-electron chi connectivity index (χ2n) is 8.43. The number of Topliss-reactive ketones (excluding diaryl/α,β-unsaturated/α-hetero) is 1. The van der Waals surface area contributed by atoms with Crippen LogP contribution in [-0.2, 0) is 24.3 Å². The van der Waals surface area contributed by atoms with E-state index in [-0.39, 0.29) is 31.1 Å². The van der Waals surface area contributed by atoms with Gasteiger partial charge in [0.25, 0.3) is 5.91 Å². The zero-order valence-electron chi connectivity index (χ0n) is 17.9. The Morgan fingerprint density at radius 1 is 1.12 bits per heavy atom. The number of hydrogen-bond donors (Lipinski definition) is 2. The molecule has 6 rings (SSSR count). The molecule has 0 saturated carbocycles. The summed E-state index contributed by atoms with van der Waals surface area (Å²) in [5, 5.41) is 6.59. The predicted molar refractivity (Wildman–Crippen MR) is 122 cm³/mol. The second-order valence-corrected chi connectivity index (χ2v) is 8.43. The zero-order valence-corrected chi connectivity index (χ0v) is 17.9. The summed E-state index contributed by atoms with van der Waals surface area (Å²) in [6.07, 6.45) is 2.12. The Morgan fingerprint density at radius 2 is 1.97 bits per heavy atom. The lowest BCUT2D eigenvalue weighted by Gasteiger charge is -2.13. The maximum absolute atomic E-state index is 13.9. The number of nitrogens with zero attached hydrogens (tertiary/aromatic N) is 3. The summed E-state index contributed by atoms with van der Waals surface area (Å²) in [6.45, 7) is 1.02. The zero-order chi connectivity index (χ0) is 23.4. The van der Waals surface area contributed by atoms with E-state index in [1.807, 2.05) is 10.6 Å². The minimum absolute atomic E-state index is 0.0629. The van der Waals surface area contributed by atoms with Crippen LogP contribution in [0.25, 0.3) is 16.6 Å². The van der Waals surface area contributed by atoms with Crippen molar-refractivity contribution in [1.82, 2.24) is 19.4 Å². The van der Waals surface area contributed by atoms with E-state index in [4.69, 9.17) is 0 Å². The lowest BCUT2D eigenvalue weighted by Crippen LogP contribution is -2.25. The number of fused-ring (bicyclic) bond motifs is 4. The number of imidazole rings is 1. The molecule has 0 radical (unpaired) electrons. The average Bonchev–Trinajstić information content (AvgIpc) is 3.46.